The number of ether oxygens (including phenoxy) is 2. The molecule has 0 amide bonds. The van der Waals surface area contributed by atoms with E-state index in [1.165, 1.54) is 23.9 Å². The van der Waals surface area contributed by atoms with E-state index >= 15 is 0 Å². The first-order chi connectivity index (χ1) is 13.3. The molecule has 0 unspecified atom stereocenters. The Morgan fingerprint density at radius 1 is 0.929 bits per heavy atom. The van der Waals surface area contributed by atoms with Crippen LogP contribution in [-0.4, -0.2) is 17.1 Å². The molecule has 3 aromatic rings. The van der Waals surface area contributed by atoms with Gasteiger partial charge in [0.05, 0.1) is 12.8 Å². The van der Waals surface area contributed by atoms with Crippen LogP contribution >= 0.6 is 11.8 Å². The average molecular weight is 399 g/mol. The molecule has 146 valence electrons. The van der Waals surface area contributed by atoms with E-state index in [0.29, 0.717) is 22.5 Å². The third-order valence-corrected chi connectivity index (χ3v) is 4.93. The van der Waals surface area contributed by atoms with Gasteiger partial charge in [-0.25, -0.2) is 9.37 Å². The molecule has 1 heterocycles. The van der Waals surface area contributed by atoms with Crippen molar-refractivity contribution in [3.63, 3.8) is 0 Å². The molecule has 0 saturated carbocycles. The van der Waals surface area contributed by atoms with Crippen LogP contribution in [0, 0.1) is 5.82 Å². The molecule has 0 radical (unpaired) electrons. The van der Waals surface area contributed by atoms with E-state index in [4.69, 9.17) is 9.47 Å². The summed E-state index contributed by atoms with van der Waals surface area (Å²) >= 11 is 1.50. The molecule has 4 nitrogen and oxygen atoms in total. The van der Waals surface area contributed by atoms with Crippen molar-refractivity contribution in [2.75, 3.05) is 7.11 Å². The molecule has 28 heavy (non-hydrogen) atoms. The molecule has 0 atom stereocenters. The molecule has 0 N–H and O–H groups in total. The summed E-state index contributed by atoms with van der Waals surface area (Å²) in [5.41, 5.74) is 1.76. The predicted molar refractivity (Wildman–Crippen MR) is 110 cm³/mol. The summed E-state index contributed by atoms with van der Waals surface area (Å²) in [6.07, 6.45) is 0. The number of nitrogens with zero attached hydrogens (tertiary/aromatic N) is 2. The smallest absolute Gasteiger partial charge is 0.223 e. The highest BCUT2D eigenvalue weighted by molar-refractivity contribution is 7.98. The lowest BCUT2D eigenvalue weighted by molar-refractivity contribution is 0.411. The van der Waals surface area contributed by atoms with Crippen LogP contribution in [0.25, 0.3) is 0 Å². The number of halogens is 1. The normalized spacial score (nSPS) is 11.3. The topological polar surface area (TPSA) is 44.2 Å². The summed E-state index contributed by atoms with van der Waals surface area (Å²) in [4.78, 5) is 9.23. The molecular formula is C22H23FN2O2S. The maximum Gasteiger partial charge on any atom is 0.223 e. The fourth-order valence-corrected chi connectivity index (χ4v) is 3.20. The largest absolute Gasteiger partial charge is 0.497 e. The maximum atomic E-state index is 13.1. The second-order valence-corrected chi connectivity index (χ2v) is 8.26. The number of benzene rings is 2. The summed E-state index contributed by atoms with van der Waals surface area (Å²) < 4.78 is 24.2. The Kier molecular flexibility index (Phi) is 6.19. The fraction of sp³-hybridized carbons (Fsp3) is 0.273. The zero-order valence-corrected chi connectivity index (χ0v) is 17.2. The Morgan fingerprint density at radius 2 is 1.57 bits per heavy atom. The zero-order chi connectivity index (χ0) is 20.1. The first kappa shape index (κ1) is 20.1. The molecule has 2 aromatic carbocycles. The van der Waals surface area contributed by atoms with Gasteiger partial charge in [0.2, 0.25) is 5.88 Å². The van der Waals surface area contributed by atoms with Crippen LogP contribution < -0.4 is 9.47 Å². The van der Waals surface area contributed by atoms with Crippen molar-refractivity contribution in [1.29, 1.82) is 0 Å². The molecule has 3 rings (SSSR count). The van der Waals surface area contributed by atoms with E-state index in [1.54, 1.807) is 19.2 Å². The van der Waals surface area contributed by atoms with Crippen LogP contribution in [0.2, 0.25) is 0 Å². The maximum absolute atomic E-state index is 13.1. The molecular weight excluding hydrogens is 375 g/mol. The van der Waals surface area contributed by atoms with E-state index in [0.717, 1.165) is 17.0 Å². The second kappa shape index (κ2) is 8.61. The lowest BCUT2D eigenvalue weighted by Gasteiger charge is -2.19. The number of hydrogen-bond donors (Lipinski definition) is 0. The molecule has 0 aliphatic carbocycles. The lowest BCUT2D eigenvalue weighted by atomic mass is 9.92. The summed E-state index contributed by atoms with van der Waals surface area (Å²) in [6.45, 7) is 6.29. The van der Waals surface area contributed by atoms with Gasteiger partial charge in [0, 0.05) is 17.2 Å². The Balaban J connectivity index is 1.82. The third-order valence-electron chi connectivity index (χ3n) is 4.01. The van der Waals surface area contributed by atoms with E-state index in [2.05, 4.69) is 30.7 Å². The van der Waals surface area contributed by atoms with Crippen LogP contribution in [0.3, 0.4) is 0 Å². The number of aromatic nitrogens is 2. The van der Waals surface area contributed by atoms with E-state index in [1.807, 2.05) is 30.3 Å². The molecule has 1 aromatic heterocycles. The molecule has 0 aliphatic rings. The van der Waals surface area contributed by atoms with Crippen LogP contribution in [0.1, 0.15) is 32.0 Å². The Labute approximate surface area is 169 Å². The minimum absolute atomic E-state index is 0.147. The van der Waals surface area contributed by atoms with Crippen molar-refractivity contribution in [2.24, 2.45) is 0 Å². The zero-order valence-electron chi connectivity index (χ0n) is 16.4. The van der Waals surface area contributed by atoms with Crippen LogP contribution in [0.4, 0.5) is 4.39 Å². The monoisotopic (exact) mass is 398 g/mol. The minimum atomic E-state index is -0.241. The SMILES string of the molecule is COc1ccc(Oc2cc(C(C)(C)C)nc(SCc3ccc(F)cc3)n2)cc1. The highest BCUT2D eigenvalue weighted by atomic mass is 32.2. The highest BCUT2D eigenvalue weighted by Gasteiger charge is 2.19. The van der Waals surface area contributed by atoms with Gasteiger partial charge in [-0.3, -0.25) is 0 Å². The van der Waals surface area contributed by atoms with Crippen LogP contribution in [0.15, 0.2) is 59.8 Å². The number of thioether (sulfide) groups is 1. The Bertz CT molecular complexity index is 923. The quantitative estimate of drug-likeness (QED) is 0.376. The van der Waals surface area contributed by atoms with Crippen molar-refractivity contribution in [3.8, 4) is 17.4 Å². The first-order valence-electron chi connectivity index (χ1n) is 8.92. The molecule has 0 bridgehead atoms. The van der Waals surface area contributed by atoms with E-state index < -0.39 is 0 Å². The van der Waals surface area contributed by atoms with Gasteiger partial charge in [-0.1, -0.05) is 44.7 Å². The van der Waals surface area contributed by atoms with Gasteiger partial charge < -0.3 is 9.47 Å². The standard InChI is InChI=1S/C22H23FN2O2S/c1-22(2,3)19-13-20(27-18-11-9-17(26-4)10-12-18)25-21(24-19)28-14-15-5-7-16(23)8-6-15/h5-13H,14H2,1-4H3. The van der Waals surface area contributed by atoms with E-state index in [-0.39, 0.29) is 11.2 Å². The summed E-state index contributed by atoms with van der Waals surface area (Å²) in [5.74, 6) is 2.34. The van der Waals surface area contributed by atoms with Crippen molar-refractivity contribution >= 4 is 11.8 Å². The summed E-state index contributed by atoms with van der Waals surface area (Å²) in [5, 5.41) is 0.625. The highest BCUT2D eigenvalue weighted by Crippen LogP contribution is 2.30. The van der Waals surface area contributed by atoms with Crippen molar-refractivity contribution in [3.05, 3.63) is 71.7 Å². The van der Waals surface area contributed by atoms with Gasteiger partial charge >= 0.3 is 0 Å². The van der Waals surface area contributed by atoms with Gasteiger partial charge in [-0.15, -0.1) is 0 Å². The van der Waals surface area contributed by atoms with Gasteiger partial charge in [0.15, 0.2) is 5.16 Å². The van der Waals surface area contributed by atoms with Crippen LogP contribution in [0.5, 0.6) is 17.4 Å². The lowest BCUT2D eigenvalue weighted by Crippen LogP contribution is -2.14. The van der Waals surface area contributed by atoms with Crippen molar-refractivity contribution in [2.45, 2.75) is 37.1 Å². The average Bonchev–Trinajstić information content (AvgIpc) is 2.67. The first-order valence-corrected chi connectivity index (χ1v) is 9.91. The molecule has 0 fully saturated rings. The van der Waals surface area contributed by atoms with Crippen LogP contribution in [-0.2, 0) is 11.2 Å². The molecule has 0 aliphatic heterocycles. The second-order valence-electron chi connectivity index (χ2n) is 7.32. The summed E-state index contributed by atoms with van der Waals surface area (Å²) in [7, 11) is 1.63. The number of methoxy groups -OCH3 is 1. The predicted octanol–water partition coefficient (Wildman–Crippen LogP) is 6.01. The molecule has 6 heteroatoms. The number of hydrogen-bond acceptors (Lipinski definition) is 5. The molecule has 0 spiro atoms. The Morgan fingerprint density at radius 3 is 2.18 bits per heavy atom. The third kappa shape index (κ3) is 5.45. The van der Waals surface area contributed by atoms with Gasteiger partial charge in [-0.2, -0.15) is 4.98 Å². The van der Waals surface area contributed by atoms with Gasteiger partial charge in [0.1, 0.15) is 17.3 Å². The van der Waals surface area contributed by atoms with Crippen molar-refractivity contribution < 1.29 is 13.9 Å². The molecule has 0 saturated heterocycles. The van der Waals surface area contributed by atoms with Crippen molar-refractivity contribution in [1.82, 2.24) is 9.97 Å². The minimum Gasteiger partial charge on any atom is -0.497 e. The fourth-order valence-electron chi connectivity index (χ4n) is 2.40. The Hall–Kier alpha value is -2.60. The summed E-state index contributed by atoms with van der Waals surface area (Å²) in [6, 6.07) is 15.7. The van der Waals surface area contributed by atoms with Gasteiger partial charge in [-0.05, 0) is 42.0 Å². The number of rotatable bonds is 6. The van der Waals surface area contributed by atoms with Gasteiger partial charge in [0.25, 0.3) is 0 Å². The van der Waals surface area contributed by atoms with E-state index in [9.17, 15) is 4.39 Å².